The lowest BCUT2D eigenvalue weighted by molar-refractivity contribution is -0.134. The molecular weight excluding hydrogens is 794 g/mol. The molecule has 0 radical (unpaired) electrons. The monoisotopic (exact) mass is 840 g/mol. The summed E-state index contributed by atoms with van der Waals surface area (Å²) in [5, 5.41) is 15.3. The van der Waals surface area contributed by atoms with Crippen LogP contribution in [0.1, 0.15) is 76.9 Å². The Morgan fingerprint density at radius 1 is 1.00 bits per heavy atom. The molecule has 4 amide bonds. The second kappa shape index (κ2) is 17.4. The van der Waals surface area contributed by atoms with Crippen LogP contribution in [0.5, 0.6) is 5.88 Å². The van der Waals surface area contributed by atoms with Crippen molar-refractivity contribution < 1.29 is 37.1 Å². The minimum absolute atomic E-state index is 0.00272. The van der Waals surface area contributed by atoms with E-state index in [4.69, 9.17) is 9.72 Å². The Morgan fingerprint density at radius 2 is 1.80 bits per heavy atom. The molecule has 4 N–H and O–H groups in total. The van der Waals surface area contributed by atoms with Crippen LogP contribution < -0.4 is 26.0 Å². The SMILES string of the molecule is Cc1cc2cc(n1)-c1cnn(C)c1OCCC[C@@H](C)Cn1c(nc3ccc(C(=O)N[C@@H]4CCN(CCNc5cc(F)c([C@H]6CCC(=O)NC6=O)c(F)c5)C[C@@H]4F)cc31)NC2=O. The Bertz CT molecular complexity index is 2500. The van der Waals surface area contributed by atoms with Crippen LogP contribution in [0.2, 0.25) is 0 Å². The molecule has 2 fully saturated rings. The third-order valence-corrected chi connectivity index (χ3v) is 11.6. The maximum Gasteiger partial charge on any atom is 0.258 e. The molecule has 4 atom stereocenters. The Hall–Kier alpha value is -6.30. The highest BCUT2D eigenvalue weighted by atomic mass is 19.1. The molecule has 5 aromatic rings. The van der Waals surface area contributed by atoms with Gasteiger partial charge in [-0.2, -0.15) is 5.10 Å². The number of hydrogen-bond acceptors (Lipinski definition) is 10. The number of fused-ring (bicyclic) bond motifs is 7. The molecule has 61 heavy (non-hydrogen) atoms. The highest BCUT2D eigenvalue weighted by Crippen LogP contribution is 2.33. The summed E-state index contributed by atoms with van der Waals surface area (Å²) in [6.07, 6.45) is 2.21. The van der Waals surface area contributed by atoms with E-state index in [1.165, 1.54) is 0 Å². The zero-order valence-electron chi connectivity index (χ0n) is 34.1. The summed E-state index contributed by atoms with van der Waals surface area (Å²) < 4.78 is 55.3. The Kier molecular flexibility index (Phi) is 11.8. The predicted molar refractivity (Wildman–Crippen MR) is 220 cm³/mol. The molecule has 15 nitrogen and oxygen atoms in total. The van der Waals surface area contributed by atoms with E-state index < -0.39 is 47.5 Å². The summed E-state index contributed by atoms with van der Waals surface area (Å²) in [4.78, 5) is 62.4. The van der Waals surface area contributed by atoms with Gasteiger partial charge in [0.25, 0.3) is 11.8 Å². The summed E-state index contributed by atoms with van der Waals surface area (Å²) >= 11 is 0. The molecule has 8 rings (SSSR count). The molecule has 3 aliphatic heterocycles. The van der Waals surface area contributed by atoms with Gasteiger partial charge in [-0.05, 0) is 81.0 Å². The molecule has 0 unspecified atom stereocenters. The first-order valence-electron chi connectivity index (χ1n) is 20.5. The normalized spacial score (nSPS) is 21.3. The van der Waals surface area contributed by atoms with Crippen LogP contribution in [0.3, 0.4) is 0 Å². The molecular formula is C43H47F3N10O5. The molecule has 2 saturated heterocycles. The van der Waals surface area contributed by atoms with Gasteiger partial charge in [0.1, 0.15) is 17.8 Å². The van der Waals surface area contributed by atoms with E-state index >= 15 is 4.39 Å². The van der Waals surface area contributed by atoms with Gasteiger partial charge >= 0.3 is 0 Å². The number of benzene rings is 2. The second-order valence-corrected chi connectivity index (χ2v) is 16.1. The van der Waals surface area contributed by atoms with Crippen LogP contribution in [0, 0.1) is 24.5 Å². The maximum absolute atomic E-state index is 15.6. The number of ether oxygens (including phenoxy) is 1. The molecule has 3 aromatic heterocycles. The first kappa shape index (κ1) is 41.4. The number of hydrogen-bond donors (Lipinski definition) is 4. The number of aromatic nitrogens is 5. The summed E-state index contributed by atoms with van der Waals surface area (Å²) in [5.41, 5.74) is 3.60. The number of imidazole rings is 1. The Labute approximate surface area is 349 Å². The Morgan fingerprint density at radius 3 is 2.57 bits per heavy atom. The molecule has 2 bridgehead atoms. The topological polar surface area (TPSA) is 177 Å². The van der Waals surface area contributed by atoms with Crippen molar-refractivity contribution in [3.05, 3.63) is 82.7 Å². The van der Waals surface area contributed by atoms with E-state index in [-0.39, 0.29) is 49.0 Å². The van der Waals surface area contributed by atoms with Crippen molar-refractivity contribution in [3.63, 3.8) is 0 Å². The minimum Gasteiger partial charge on any atom is -0.477 e. The predicted octanol–water partition coefficient (Wildman–Crippen LogP) is 5.25. The average molecular weight is 841 g/mol. The number of pyridine rings is 1. The first-order valence-corrected chi connectivity index (χ1v) is 20.5. The van der Waals surface area contributed by atoms with E-state index in [1.54, 1.807) is 48.3 Å². The van der Waals surface area contributed by atoms with Crippen LogP contribution in [-0.4, -0.2) is 97.8 Å². The van der Waals surface area contributed by atoms with E-state index in [0.29, 0.717) is 83.6 Å². The Balaban J connectivity index is 0.913. The molecule has 18 heteroatoms. The number of aryl methyl sites for hydroxylation is 2. The van der Waals surface area contributed by atoms with Crippen LogP contribution in [0.25, 0.3) is 22.3 Å². The van der Waals surface area contributed by atoms with Gasteiger partial charge in [-0.1, -0.05) is 6.92 Å². The summed E-state index contributed by atoms with van der Waals surface area (Å²) in [7, 11) is 1.80. The van der Waals surface area contributed by atoms with Crippen molar-refractivity contribution in [1.82, 2.24) is 39.8 Å². The number of nitrogens with zero attached hydrogens (tertiary/aromatic N) is 6. The van der Waals surface area contributed by atoms with Gasteiger partial charge in [-0.3, -0.25) is 39.7 Å². The largest absolute Gasteiger partial charge is 0.477 e. The number of imide groups is 1. The molecule has 320 valence electrons. The summed E-state index contributed by atoms with van der Waals surface area (Å²) in [6.45, 7) is 6.01. The van der Waals surface area contributed by atoms with Crippen molar-refractivity contribution >= 4 is 46.3 Å². The number of nitrogens with one attached hydrogen (secondary N) is 4. The van der Waals surface area contributed by atoms with E-state index in [0.717, 1.165) is 25.0 Å². The zero-order chi connectivity index (χ0) is 42.9. The fraction of sp³-hybridized carbons (Fsp3) is 0.419. The number of piperidine rings is 2. The van der Waals surface area contributed by atoms with Gasteiger partial charge in [0.2, 0.25) is 23.6 Å². The molecule has 2 aromatic carbocycles. The number of rotatable bonds is 7. The van der Waals surface area contributed by atoms with Gasteiger partial charge < -0.3 is 19.9 Å². The number of alkyl halides is 1. The highest BCUT2D eigenvalue weighted by molar-refractivity contribution is 6.05. The van der Waals surface area contributed by atoms with Crippen molar-refractivity contribution in [1.29, 1.82) is 0 Å². The quantitative estimate of drug-likeness (QED) is 0.158. The van der Waals surface area contributed by atoms with Crippen LogP contribution in [0.15, 0.2) is 48.7 Å². The molecule has 0 aliphatic carbocycles. The lowest BCUT2D eigenvalue weighted by atomic mass is 9.89. The van der Waals surface area contributed by atoms with Crippen molar-refractivity contribution in [2.75, 3.05) is 43.4 Å². The molecule has 0 saturated carbocycles. The maximum atomic E-state index is 15.6. The number of carbonyl (C=O) groups excluding carboxylic acids is 4. The van der Waals surface area contributed by atoms with Gasteiger partial charge in [0.05, 0.1) is 47.1 Å². The lowest BCUT2D eigenvalue weighted by Gasteiger charge is -2.35. The van der Waals surface area contributed by atoms with E-state index in [9.17, 15) is 28.0 Å². The van der Waals surface area contributed by atoms with Gasteiger partial charge in [-0.15, -0.1) is 0 Å². The molecule has 3 aliphatic rings. The van der Waals surface area contributed by atoms with Gasteiger partial charge in [0.15, 0.2) is 0 Å². The van der Waals surface area contributed by atoms with Crippen LogP contribution in [0.4, 0.5) is 24.8 Å². The lowest BCUT2D eigenvalue weighted by Crippen LogP contribution is -2.53. The summed E-state index contributed by atoms with van der Waals surface area (Å²) in [6, 6.07) is 9.93. The van der Waals surface area contributed by atoms with Crippen molar-refractivity contribution in [2.24, 2.45) is 13.0 Å². The molecule has 6 heterocycles. The number of halogens is 3. The smallest absolute Gasteiger partial charge is 0.258 e. The fourth-order valence-corrected chi connectivity index (χ4v) is 8.36. The fourth-order valence-electron chi connectivity index (χ4n) is 8.36. The third kappa shape index (κ3) is 8.94. The van der Waals surface area contributed by atoms with E-state index in [2.05, 4.69) is 38.3 Å². The number of likely N-dealkylation sites (tertiary alicyclic amines) is 1. The van der Waals surface area contributed by atoms with Gasteiger partial charge in [0, 0.05) is 74.3 Å². The van der Waals surface area contributed by atoms with E-state index in [1.807, 2.05) is 16.4 Å². The summed E-state index contributed by atoms with van der Waals surface area (Å²) in [5.74, 6) is -3.85. The van der Waals surface area contributed by atoms with Crippen LogP contribution in [-0.2, 0) is 23.2 Å². The molecule has 0 spiro atoms. The van der Waals surface area contributed by atoms with Crippen LogP contribution >= 0.6 is 0 Å². The second-order valence-electron chi connectivity index (χ2n) is 16.1. The standard InChI is InChI=1S/C43H47F3N10O5/c1-23-5-4-14-61-42-29(20-48-54(42)3)35-16-26(15-24(2)49-35)40(59)53-43-51-34-8-6-25(17-36(34)56(43)21-23)39(58)50-33-10-12-55(22-32(33)46)13-11-47-27-18-30(44)38(31(45)19-27)28-7-9-37(57)52-41(28)60/h6,8,15-20,23,28,32-33,47H,4-5,7,9-14,21-22H2,1-3H3,(H,50,58)(H,51,53,59)(H,52,57,60)/t23-,28-,32+,33-/m1/s1. The minimum atomic E-state index is -1.38. The van der Waals surface area contributed by atoms with Crippen molar-refractivity contribution in [3.8, 4) is 17.1 Å². The number of carbonyl (C=O) groups is 4. The number of amides is 4. The van der Waals surface area contributed by atoms with Gasteiger partial charge in [-0.25, -0.2) is 22.8 Å². The van der Waals surface area contributed by atoms with Crippen molar-refractivity contribution in [2.45, 2.75) is 70.6 Å². The first-order chi connectivity index (χ1) is 29.3. The average Bonchev–Trinajstić information content (AvgIpc) is 3.75. The highest BCUT2D eigenvalue weighted by Gasteiger charge is 2.33. The third-order valence-electron chi connectivity index (χ3n) is 11.6. The number of anilines is 2. The zero-order valence-corrected chi connectivity index (χ0v) is 34.1.